The molecule has 2 atom stereocenters. The van der Waals surface area contributed by atoms with Gasteiger partial charge >= 0.3 is 24.0 Å². The van der Waals surface area contributed by atoms with E-state index in [2.05, 4.69) is 48.5 Å². The Hall–Kier alpha value is -3.61. The van der Waals surface area contributed by atoms with Gasteiger partial charge < -0.3 is 33.2 Å². The topological polar surface area (TPSA) is 187 Å². The van der Waals surface area contributed by atoms with E-state index in [1.807, 2.05) is 34.6 Å². The fraction of sp³-hybridized carbons (Fsp3) is 0.828. The summed E-state index contributed by atoms with van der Waals surface area (Å²) >= 11 is 0. The van der Waals surface area contributed by atoms with Crippen LogP contribution in [0.15, 0.2) is 0 Å². The van der Waals surface area contributed by atoms with Gasteiger partial charge in [-0.1, -0.05) is 191 Å². The van der Waals surface area contributed by atoms with Crippen molar-refractivity contribution in [2.75, 3.05) is 46.2 Å². The summed E-state index contributed by atoms with van der Waals surface area (Å²) in [4.78, 5) is 83.1. The van der Waals surface area contributed by atoms with Crippen LogP contribution in [-0.2, 0) is 83.0 Å². The number of nitrogens with zero attached hydrogens (tertiary/aromatic N) is 1. The number of likely N-dealkylation sites (tertiary alicyclic amines) is 1. The molecule has 15 nitrogen and oxygen atoms in total. The first-order valence-electron chi connectivity index (χ1n) is 28.6. The molecule has 1 saturated heterocycles. The third-order valence-electron chi connectivity index (χ3n) is 11.3. The number of carbonyl (C=O) groups is 7. The quantitative estimate of drug-likeness (QED) is 0.0244. The van der Waals surface area contributed by atoms with Crippen molar-refractivity contribution in [3.8, 4) is 0 Å². The Labute approximate surface area is 466 Å². The summed E-state index contributed by atoms with van der Waals surface area (Å²) in [6.45, 7) is 29.1. The number of carbonyl (C=O) groups excluding carboxylic acids is 7. The van der Waals surface area contributed by atoms with E-state index in [1.165, 1.54) is 69.1 Å². The van der Waals surface area contributed by atoms with Crippen molar-refractivity contribution < 1.29 is 87.8 Å². The van der Waals surface area contributed by atoms with Crippen LogP contribution in [0.25, 0.3) is 0 Å². The summed E-state index contributed by atoms with van der Waals surface area (Å²) in [6.07, 6.45) is 28.2. The molecule has 0 aromatic carbocycles. The van der Waals surface area contributed by atoms with Crippen LogP contribution in [0.3, 0.4) is 0 Å². The molecule has 438 valence electrons. The Morgan fingerprint density at radius 3 is 1.09 bits per heavy atom. The second kappa shape index (κ2) is 61.9. The van der Waals surface area contributed by atoms with Gasteiger partial charge in [-0.3, -0.25) is 54.4 Å². The fourth-order valence-electron chi connectivity index (χ4n) is 7.20. The first-order chi connectivity index (χ1) is 35.2. The Bertz CT molecular complexity index is 1260. The molecule has 1 heterocycles. The normalized spacial score (nSPS) is 12.9. The summed E-state index contributed by atoms with van der Waals surface area (Å²) in [5.74, 6) is -3.33. The van der Waals surface area contributed by atoms with Gasteiger partial charge in [-0.05, 0) is 38.5 Å². The molecule has 0 spiro atoms. The predicted octanol–water partition coefficient (Wildman–Crippen LogP) is 14.0. The summed E-state index contributed by atoms with van der Waals surface area (Å²) in [5.41, 5.74) is 0. The van der Waals surface area contributed by atoms with Gasteiger partial charge in [0.2, 0.25) is 0 Å². The van der Waals surface area contributed by atoms with Crippen molar-refractivity contribution in [3.63, 3.8) is 0 Å². The van der Waals surface area contributed by atoms with E-state index in [9.17, 15) is 33.6 Å². The summed E-state index contributed by atoms with van der Waals surface area (Å²) in [6, 6.07) is -0.829. The van der Waals surface area contributed by atoms with Crippen molar-refractivity contribution in [1.82, 2.24) is 4.90 Å². The molecular weight excluding hydrogens is 1120 g/mol. The van der Waals surface area contributed by atoms with E-state index < -0.39 is 48.0 Å². The number of amides is 1. The first-order valence-corrected chi connectivity index (χ1v) is 28.6. The SMILES string of the molecule is CC.CC.[CH2-]C(=O)OCC1CC(COC(=O)CC(COC(=O)CCCCCCCC)COC(=O)CCCCCCCC)N1C(=O)OCCC.[CH2-]C(=O)OCCCCCCCC.[CH2-]C(=O)OCCCCCCCC.[W]. The van der Waals surface area contributed by atoms with Crippen LogP contribution in [0, 0.1) is 26.7 Å². The fourth-order valence-corrected chi connectivity index (χ4v) is 7.20. The van der Waals surface area contributed by atoms with E-state index >= 15 is 0 Å². The van der Waals surface area contributed by atoms with Crippen LogP contribution in [0.4, 0.5) is 4.79 Å². The second-order valence-corrected chi connectivity index (χ2v) is 17.9. The maximum atomic E-state index is 12.8. The van der Waals surface area contributed by atoms with Crippen molar-refractivity contribution in [1.29, 1.82) is 0 Å². The van der Waals surface area contributed by atoms with E-state index in [-0.39, 0.29) is 72.5 Å². The minimum absolute atomic E-state index is 0. The summed E-state index contributed by atoms with van der Waals surface area (Å²) in [7, 11) is 0. The van der Waals surface area contributed by atoms with Gasteiger partial charge in [0.15, 0.2) is 17.9 Å². The average Bonchev–Trinajstić information content (AvgIpc) is 3.36. The number of rotatable bonds is 40. The number of hydrogen-bond donors (Lipinski definition) is 0. The molecule has 1 aliphatic rings. The van der Waals surface area contributed by atoms with Gasteiger partial charge in [-0.15, -0.1) is 0 Å². The minimum atomic E-state index is -0.696. The van der Waals surface area contributed by atoms with Crippen LogP contribution in [0.1, 0.15) is 249 Å². The van der Waals surface area contributed by atoms with E-state index in [4.69, 9.17) is 33.2 Å². The third-order valence-corrected chi connectivity index (χ3v) is 11.3. The molecule has 0 N–H and O–H groups in total. The van der Waals surface area contributed by atoms with Crippen molar-refractivity contribution in [2.24, 2.45) is 5.92 Å². The zero-order valence-corrected chi connectivity index (χ0v) is 51.3. The molecule has 0 aromatic rings. The Morgan fingerprint density at radius 2 is 0.743 bits per heavy atom. The van der Waals surface area contributed by atoms with Crippen LogP contribution < -0.4 is 0 Å². The Balaban J connectivity index is -0.000000445. The average molecular weight is 1230 g/mol. The van der Waals surface area contributed by atoms with Gasteiger partial charge in [0.05, 0.1) is 51.5 Å². The molecule has 0 aromatic heterocycles. The van der Waals surface area contributed by atoms with E-state index in [0.717, 1.165) is 89.9 Å². The van der Waals surface area contributed by atoms with Crippen molar-refractivity contribution in [2.45, 2.75) is 261 Å². The van der Waals surface area contributed by atoms with Gasteiger partial charge in [0, 0.05) is 39.8 Å². The molecule has 0 saturated carbocycles. The molecule has 1 aliphatic heterocycles. The van der Waals surface area contributed by atoms with E-state index in [0.29, 0.717) is 38.9 Å². The van der Waals surface area contributed by atoms with Crippen LogP contribution in [-0.4, -0.2) is 105 Å². The smallest absolute Gasteiger partial charge is 0.410 e. The monoisotopic (exact) mass is 1230 g/mol. The van der Waals surface area contributed by atoms with Crippen LogP contribution >= 0.6 is 0 Å². The minimum Gasteiger partial charge on any atom is -0.488 e. The Morgan fingerprint density at radius 1 is 0.405 bits per heavy atom. The number of esters is 6. The zero-order valence-electron chi connectivity index (χ0n) is 48.4. The van der Waals surface area contributed by atoms with Crippen LogP contribution in [0.2, 0.25) is 0 Å². The van der Waals surface area contributed by atoms with Gasteiger partial charge in [0.25, 0.3) is 0 Å². The second-order valence-electron chi connectivity index (χ2n) is 17.9. The zero-order chi connectivity index (χ0) is 55.8. The van der Waals surface area contributed by atoms with Gasteiger partial charge in [0.1, 0.15) is 13.2 Å². The Kier molecular flexibility index (Phi) is 66.3. The maximum absolute atomic E-state index is 12.8. The third kappa shape index (κ3) is 56.1. The molecule has 1 rings (SSSR count). The number of unbranched alkanes of at least 4 members (excludes halogenated alkanes) is 20. The molecule has 16 heteroatoms. The number of ether oxygens (including phenoxy) is 7. The maximum Gasteiger partial charge on any atom is 0.410 e. The largest absolute Gasteiger partial charge is 0.488 e. The molecule has 1 fully saturated rings. The standard InChI is InChI=1S/C34H58NO10.2C10H19O2.2C2H6.W/c1-5-8-10-12-14-16-18-31(37)43-23-28(24-44-32(38)19-17-15-13-11-9-6-2)21-33(39)45-26-30-22-29(25-42-27(4)36)35(30)34(40)41-20-7-3;2*1-3-4-5-6-7-8-9-12-10(2)11;2*1-2;/h28-30H,4-26H2,1-3H3;2*2-9H2,1H3;2*1-2H3;/q3*-1;;;. The van der Waals surface area contributed by atoms with Crippen molar-refractivity contribution >= 4 is 41.9 Å². The summed E-state index contributed by atoms with van der Waals surface area (Å²) < 4.78 is 36.0. The van der Waals surface area contributed by atoms with Gasteiger partial charge in [-0.25, -0.2) is 4.79 Å². The van der Waals surface area contributed by atoms with E-state index in [1.54, 1.807) is 0 Å². The molecule has 0 bridgehead atoms. The molecule has 2 unspecified atom stereocenters. The molecule has 1 amide bonds. The van der Waals surface area contributed by atoms with Crippen molar-refractivity contribution in [3.05, 3.63) is 20.8 Å². The predicted molar refractivity (Wildman–Crippen MR) is 291 cm³/mol. The molecular formula is C58H108NO14W-3. The molecule has 0 radical (unpaired) electrons. The molecule has 0 aliphatic carbocycles. The summed E-state index contributed by atoms with van der Waals surface area (Å²) in [5, 5.41) is 0. The number of hydrogen-bond acceptors (Lipinski definition) is 14. The van der Waals surface area contributed by atoms with Crippen LogP contribution in [0.5, 0.6) is 0 Å². The van der Waals surface area contributed by atoms with Gasteiger partial charge in [-0.2, -0.15) is 0 Å². The molecule has 74 heavy (non-hydrogen) atoms. The first kappa shape index (κ1) is 79.3.